The Hall–Kier alpha value is -0.000000000000000111. The van der Waals surface area contributed by atoms with Gasteiger partial charge in [-0.3, -0.25) is 5.10 Å². The van der Waals surface area contributed by atoms with Crippen LogP contribution in [0, 0.1) is 0 Å². The van der Waals surface area contributed by atoms with Crippen LogP contribution in [-0.4, -0.2) is 16.5 Å². The molecule has 0 fully saturated rings. The van der Waals surface area contributed by atoms with Gasteiger partial charge in [-0.25, -0.2) is 0 Å². The normalized spacial score (nSPS) is 11.0. The van der Waals surface area contributed by atoms with E-state index in [2.05, 4.69) is 48.1 Å². The molecule has 1 aromatic heterocycles. The maximum atomic E-state index is 4.22. The molecule has 0 spiro atoms. The molecule has 0 aliphatic rings. The van der Waals surface area contributed by atoms with Gasteiger partial charge < -0.3 is 0 Å². The molecule has 2 rings (SSSR count). The number of hydrogen-bond acceptors (Lipinski definition) is 2. The van der Waals surface area contributed by atoms with Crippen LogP contribution in [0.2, 0.25) is 0 Å². The van der Waals surface area contributed by atoms with Gasteiger partial charge in [-0.05, 0) is 34.3 Å². The smallest absolute Gasteiger partial charge is 0.108 e. The first kappa shape index (κ1) is 9.55. The Morgan fingerprint density at radius 3 is 2.85 bits per heavy atom. The van der Waals surface area contributed by atoms with E-state index in [0.29, 0.717) is 0 Å². The lowest BCUT2D eigenvalue weighted by Crippen LogP contribution is -1.75. The molecule has 0 radical (unpaired) electrons. The Bertz CT molecular complexity index is 453. The van der Waals surface area contributed by atoms with E-state index in [4.69, 9.17) is 0 Å². The summed E-state index contributed by atoms with van der Waals surface area (Å²) in [6, 6.07) is 4.11. The van der Waals surface area contributed by atoms with E-state index in [0.717, 1.165) is 20.0 Å². The summed E-state index contributed by atoms with van der Waals surface area (Å²) in [5.41, 5.74) is 1.02. The predicted octanol–water partition coefficient (Wildman–Crippen LogP) is 3.81. The summed E-state index contributed by atoms with van der Waals surface area (Å²) in [5, 5.41) is 8.24. The van der Waals surface area contributed by atoms with Gasteiger partial charge in [0.1, 0.15) is 10.1 Å². The average Bonchev–Trinajstić information content (AvgIpc) is 2.47. The molecule has 0 aliphatic carbocycles. The number of nitrogens with one attached hydrogen (secondary N) is 1. The second kappa shape index (κ2) is 3.63. The number of H-pyrrole nitrogens is 1. The molecule has 0 bridgehead atoms. The van der Waals surface area contributed by atoms with E-state index < -0.39 is 0 Å². The lowest BCUT2D eigenvalue weighted by molar-refractivity contribution is 1.09. The standard InChI is InChI=1S/C8H6Br2N2S/c1-13-6-3-4(9)2-5-7(6)11-12-8(5)10/h2-3H,1H3,(H,11,12). The Morgan fingerprint density at radius 2 is 2.15 bits per heavy atom. The zero-order valence-corrected chi connectivity index (χ0v) is 10.8. The number of nitrogens with zero attached hydrogens (tertiary/aromatic N) is 1. The molecule has 1 heterocycles. The Labute approximate surface area is 96.7 Å². The predicted molar refractivity (Wildman–Crippen MR) is 63.3 cm³/mol. The van der Waals surface area contributed by atoms with Crippen LogP contribution in [0.1, 0.15) is 0 Å². The summed E-state index contributed by atoms with van der Waals surface area (Å²) in [6.45, 7) is 0. The molecule has 1 N–H and O–H groups in total. The minimum Gasteiger partial charge on any atom is -0.270 e. The number of fused-ring (bicyclic) bond motifs is 1. The van der Waals surface area contributed by atoms with Gasteiger partial charge in [-0.15, -0.1) is 11.8 Å². The lowest BCUT2D eigenvalue weighted by Gasteiger charge is -1.98. The van der Waals surface area contributed by atoms with Gasteiger partial charge in [-0.2, -0.15) is 5.10 Å². The average molecular weight is 322 g/mol. The summed E-state index contributed by atoms with van der Waals surface area (Å²) in [6.07, 6.45) is 2.05. The van der Waals surface area contributed by atoms with Crippen molar-refractivity contribution in [3.8, 4) is 0 Å². The van der Waals surface area contributed by atoms with Gasteiger partial charge in [0.2, 0.25) is 0 Å². The third-order valence-corrected chi connectivity index (χ3v) is 3.58. The molecule has 0 amide bonds. The number of benzene rings is 1. The van der Waals surface area contributed by atoms with Crippen molar-refractivity contribution in [3.63, 3.8) is 0 Å². The topological polar surface area (TPSA) is 28.7 Å². The van der Waals surface area contributed by atoms with Crippen molar-refractivity contribution >= 4 is 54.5 Å². The van der Waals surface area contributed by atoms with Crippen molar-refractivity contribution in [2.75, 3.05) is 6.26 Å². The van der Waals surface area contributed by atoms with E-state index in [1.54, 1.807) is 11.8 Å². The van der Waals surface area contributed by atoms with Gasteiger partial charge in [0.05, 0.1) is 0 Å². The van der Waals surface area contributed by atoms with Crippen molar-refractivity contribution < 1.29 is 0 Å². The monoisotopic (exact) mass is 320 g/mol. The van der Waals surface area contributed by atoms with E-state index >= 15 is 0 Å². The molecule has 0 unspecified atom stereocenters. The number of aromatic amines is 1. The summed E-state index contributed by atoms with van der Waals surface area (Å²) >= 11 is 8.58. The number of aromatic nitrogens is 2. The van der Waals surface area contributed by atoms with Crippen molar-refractivity contribution in [3.05, 3.63) is 21.2 Å². The van der Waals surface area contributed by atoms with Crippen LogP contribution in [0.4, 0.5) is 0 Å². The molecule has 0 atom stereocenters. The summed E-state index contributed by atoms with van der Waals surface area (Å²) in [5.74, 6) is 0. The van der Waals surface area contributed by atoms with Crippen LogP contribution >= 0.6 is 43.6 Å². The first-order valence-electron chi connectivity index (χ1n) is 3.59. The molecule has 0 saturated carbocycles. The Morgan fingerprint density at radius 1 is 1.38 bits per heavy atom. The molecule has 68 valence electrons. The highest BCUT2D eigenvalue weighted by Crippen LogP contribution is 2.32. The van der Waals surface area contributed by atoms with E-state index in [1.807, 2.05) is 12.3 Å². The Kier molecular flexibility index (Phi) is 2.67. The number of rotatable bonds is 1. The molecule has 2 nitrogen and oxygen atoms in total. The maximum Gasteiger partial charge on any atom is 0.108 e. The first-order valence-corrected chi connectivity index (χ1v) is 6.40. The molecule has 2 aromatic rings. The van der Waals surface area contributed by atoms with Gasteiger partial charge >= 0.3 is 0 Å². The van der Waals surface area contributed by atoms with Crippen LogP contribution in [0.25, 0.3) is 10.9 Å². The van der Waals surface area contributed by atoms with Crippen LogP contribution in [0.3, 0.4) is 0 Å². The fraction of sp³-hybridized carbons (Fsp3) is 0.125. The second-order valence-electron chi connectivity index (χ2n) is 2.54. The molecule has 13 heavy (non-hydrogen) atoms. The molecule has 0 aliphatic heterocycles. The van der Waals surface area contributed by atoms with Crippen LogP contribution in [-0.2, 0) is 0 Å². The molecular formula is C8H6Br2N2S. The van der Waals surface area contributed by atoms with Crippen molar-refractivity contribution in [1.29, 1.82) is 0 Å². The molecular weight excluding hydrogens is 316 g/mol. The SMILES string of the molecule is CSc1cc(Br)cc2c(Br)[nH]nc12. The maximum absolute atomic E-state index is 4.22. The number of hydrogen-bond donors (Lipinski definition) is 1. The highest BCUT2D eigenvalue weighted by atomic mass is 79.9. The lowest BCUT2D eigenvalue weighted by atomic mass is 10.3. The van der Waals surface area contributed by atoms with Crippen LogP contribution in [0.15, 0.2) is 26.1 Å². The largest absolute Gasteiger partial charge is 0.270 e. The molecule has 1 aromatic carbocycles. The zero-order valence-electron chi connectivity index (χ0n) is 6.77. The minimum atomic E-state index is 0.930. The molecule has 5 heteroatoms. The quantitative estimate of drug-likeness (QED) is 0.809. The van der Waals surface area contributed by atoms with E-state index in [9.17, 15) is 0 Å². The summed E-state index contributed by atoms with van der Waals surface area (Å²) in [7, 11) is 0. The van der Waals surface area contributed by atoms with Gasteiger partial charge in [0.25, 0.3) is 0 Å². The van der Waals surface area contributed by atoms with Crippen LogP contribution < -0.4 is 0 Å². The summed E-state index contributed by atoms with van der Waals surface area (Å²) < 4.78 is 2.01. The molecule has 0 saturated heterocycles. The van der Waals surface area contributed by atoms with Gasteiger partial charge in [0, 0.05) is 14.8 Å². The van der Waals surface area contributed by atoms with Gasteiger partial charge in [-0.1, -0.05) is 15.9 Å². The fourth-order valence-corrected chi connectivity index (χ4v) is 2.77. The van der Waals surface area contributed by atoms with Crippen molar-refractivity contribution in [2.24, 2.45) is 0 Å². The van der Waals surface area contributed by atoms with E-state index in [1.165, 1.54) is 4.90 Å². The minimum absolute atomic E-state index is 0.930. The highest BCUT2D eigenvalue weighted by molar-refractivity contribution is 9.11. The van der Waals surface area contributed by atoms with Crippen molar-refractivity contribution in [2.45, 2.75) is 4.90 Å². The third kappa shape index (κ3) is 1.65. The fourth-order valence-electron chi connectivity index (χ4n) is 1.18. The number of thioether (sulfide) groups is 1. The van der Waals surface area contributed by atoms with Gasteiger partial charge in [0.15, 0.2) is 0 Å². The Balaban J connectivity index is 2.84. The third-order valence-electron chi connectivity index (χ3n) is 1.76. The van der Waals surface area contributed by atoms with Crippen LogP contribution in [0.5, 0.6) is 0 Å². The highest BCUT2D eigenvalue weighted by Gasteiger charge is 2.08. The summed E-state index contributed by atoms with van der Waals surface area (Å²) in [4.78, 5) is 1.17. The number of halogens is 2. The van der Waals surface area contributed by atoms with E-state index in [-0.39, 0.29) is 0 Å². The first-order chi connectivity index (χ1) is 6.22. The second-order valence-corrected chi connectivity index (χ2v) is 5.10. The zero-order chi connectivity index (χ0) is 9.42. The van der Waals surface area contributed by atoms with Crippen molar-refractivity contribution in [1.82, 2.24) is 10.2 Å².